The molecule has 1 aromatic heterocycles. The first-order valence-electron chi connectivity index (χ1n) is 8.66. The van der Waals surface area contributed by atoms with Crippen LogP contribution < -0.4 is 15.4 Å². The predicted octanol–water partition coefficient (Wildman–Crippen LogP) is 1.07. The Bertz CT molecular complexity index is 780. The summed E-state index contributed by atoms with van der Waals surface area (Å²) in [6.07, 6.45) is 1.65. The van der Waals surface area contributed by atoms with E-state index in [1.807, 2.05) is 6.92 Å². The van der Waals surface area contributed by atoms with Crippen LogP contribution in [-0.4, -0.2) is 54.8 Å². The third-order valence-corrected chi connectivity index (χ3v) is 6.06. The van der Waals surface area contributed by atoms with Gasteiger partial charge in [-0.15, -0.1) is 0 Å². The Balaban J connectivity index is 2.76. The first-order chi connectivity index (χ1) is 12.4. The van der Waals surface area contributed by atoms with Gasteiger partial charge in [0.05, 0.1) is 10.7 Å². The molecule has 154 valence electrons. The van der Waals surface area contributed by atoms with Crippen molar-refractivity contribution in [1.82, 2.24) is 25.6 Å². The Labute approximate surface area is 168 Å². The first-order valence-corrected chi connectivity index (χ1v) is 11.3. The molecule has 11 heteroatoms. The minimum absolute atomic E-state index is 0.181. The number of hydrogen-bond donors (Lipinski definition) is 4. The number of rotatable bonds is 9. The van der Waals surface area contributed by atoms with Crippen LogP contribution in [0.5, 0.6) is 0 Å². The molecule has 1 aromatic rings. The summed E-state index contributed by atoms with van der Waals surface area (Å²) in [4.78, 5) is 24.9. The number of carbonyl (C=O) groups is 2. The van der Waals surface area contributed by atoms with Crippen LogP contribution in [0.15, 0.2) is 4.47 Å². The van der Waals surface area contributed by atoms with Gasteiger partial charge in [0.1, 0.15) is 6.04 Å². The summed E-state index contributed by atoms with van der Waals surface area (Å²) in [5.74, 6) is -0.993. The lowest BCUT2D eigenvalue weighted by molar-refractivity contribution is -0.124. The smallest absolute Gasteiger partial charge is 0.273 e. The topological polar surface area (TPSA) is 133 Å². The standard InChI is InChI=1S/C16H28BrN5O4S/c1-7-8(2)13(22-27(6,25)26)15(23)18-9(3)10(4)19-16(24)14-12(17)11(5)20-21-14/h8-10,13,22H,7H2,1-6H3,(H,18,23)(H,19,24)(H,20,21). The Morgan fingerprint density at radius 2 is 1.74 bits per heavy atom. The van der Waals surface area contributed by atoms with Gasteiger partial charge in [-0.2, -0.15) is 5.10 Å². The first kappa shape index (κ1) is 23.6. The average Bonchev–Trinajstić information content (AvgIpc) is 2.90. The Morgan fingerprint density at radius 1 is 1.19 bits per heavy atom. The van der Waals surface area contributed by atoms with Gasteiger partial charge >= 0.3 is 0 Å². The number of nitrogens with one attached hydrogen (secondary N) is 4. The molecule has 0 aliphatic carbocycles. The van der Waals surface area contributed by atoms with Crippen molar-refractivity contribution in [2.75, 3.05) is 6.26 Å². The van der Waals surface area contributed by atoms with Crippen molar-refractivity contribution < 1.29 is 18.0 Å². The van der Waals surface area contributed by atoms with Gasteiger partial charge in [0.2, 0.25) is 15.9 Å². The van der Waals surface area contributed by atoms with E-state index in [1.54, 1.807) is 27.7 Å². The van der Waals surface area contributed by atoms with Gasteiger partial charge in [-0.05, 0) is 42.6 Å². The minimum Gasteiger partial charge on any atom is -0.350 e. The molecule has 0 aliphatic heterocycles. The van der Waals surface area contributed by atoms with Crippen molar-refractivity contribution in [3.05, 3.63) is 15.9 Å². The van der Waals surface area contributed by atoms with E-state index in [2.05, 4.69) is 41.5 Å². The van der Waals surface area contributed by atoms with Crippen molar-refractivity contribution >= 4 is 37.8 Å². The van der Waals surface area contributed by atoms with Gasteiger partial charge in [0.25, 0.3) is 5.91 Å². The zero-order valence-electron chi connectivity index (χ0n) is 16.4. The van der Waals surface area contributed by atoms with Crippen LogP contribution >= 0.6 is 15.9 Å². The van der Waals surface area contributed by atoms with Crippen molar-refractivity contribution in [1.29, 1.82) is 0 Å². The normalized spacial score (nSPS) is 16.3. The summed E-state index contributed by atoms with van der Waals surface area (Å²) in [5.41, 5.74) is 0.964. The second kappa shape index (κ2) is 9.65. The van der Waals surface area contributed by atoms with Crippen molar-refractivity contribution in [3.63, 3.8) is 0 Å². The number of nitrogens with zero attached hydrogens (tertiary/aromatic N) is 1. The number of H-pyrrole nitrogens is 1. The zero-order valence-corrected chi connectivity index (χ0v) is 18.8. The fourth-order valence-corrected chi connectivity index (χ4v) is 3.46. The molecule has 9 nitrogen and oxygen atoms in total. The molecular weight excluding hydrogens is 438 g/mol. The molecule has 4 atom stereocenters. The molecule has 4 N–H and O–H groups in total. The highest BCUT2D eigenvalue weighted by molar-refractivity contribution is 9.10. The highest BCUT2D eigenvalue weighted by Crippen LogP contribution is 2.18. The zero-order chi connectivity index (χ0) is 20.9. The molecule has 2 amide bonds. The molecule has 1 rings (SSSR count). The van der Waals surface area contributed by atoms with Gasteiger partial charge in [0.15, 0.2) is 5.69 Å². The maximum absolute atomic E-state index is 12.6. The molecule has 0 aliphatic rings. The molecular formula is C16H28BrN5O4S. The Kier molecular flexibility index (Phi) is 8.43. The van der Waals surface area contributed by atoms with E-state index in [-0.39, 0.29) is 17.5 Å². The average molecular weight is 466 g/mol. The lowest BCUT2D eigenvalue weighted by atomic mass is 9.99. The summed E-state index contributed by atoms with van der Waals surface area (Å²) in [7, 11) is -3.53. The number of hydrogen-bond acceptors (Lipinski definition) is 5. The third kappa shape index (κ3) is 6.89. The highest BCUT2D eigenvalue weighted by atomic mass is 79.9. The van der Waals surface area contributed by atoms with Crippen LogP contribution in [0.1, 0.15) is 50.3 Å². The van der Waals surface area contributed by atoms with Crippen LogP contribution in [0.3, 0.4) is 0 Å². The summed E-state index contributed by atoms with van der Waals surface area (Å²) in [5, 5.41) is 12.2. The summed E-state index contributed by atoms with van der Waals surface area (Å²) in [6.45, 7) is 8.95. The molecule has 1 heterocycles. The maximum atomic E-state index is 12.6. The number of sulfonamides is 1. The molecule has 0 saturated carbocycles. The van der Waals surface area contributed by atoms with E-state index in [4.69, 9.17) is 0 Å². The van der Waals surface area contributed by atoms with E-state index in [0.29, 0.717) is 10.9 Å². The van der Waals surface area contributed by atoms with Crippen LogP contribution in [0.4, 0.5) is 0 Å². The predicted molar refractivity (Wildman–Crippen MR) is 107 cm³/mol. The van der Waals surface area contributed by atoms with Crippen LogP contribution in [0, 0.1) is 12.8 Å². The van der Waals surface area contributed by atoms with E-state index in [9.17, 15) is 18.0 Å². The number of halogens is 1. The molecule has 0 bridgehead atoms. The summed E-state index contributed by atoms with van der Waals surface area (Å²) in [6, 6.07) is -1.70. The Morgan fingerprint density at radius 3 is 2.19 bits per heavy atom. The number of carbonyl (C=O) groups excluding carboxylic acids is 2. The van der Waals surface area contributed by atoms with Gasteiger partial charge in [-0.25, -0.2) is 13.1 Å². The summed E-state index contributed by atoms with van der Waals surface area (Å²) < 4.78 is 26.1. The lowest BCUT2D eigenvalue weighted by Gasteiger charge is -2.27. The van der Waals surface area contributed by atoms with Crippen LogP contribution in [0.2, 0.25) is 0 Å². The van der Waals surface area contributed by atoms with Gasteiger partial charge in [-0.1, -0.05) is 20.3 Å². The highest BCUT2D eigenvalue weighted by Gasteiger charge is 2.29. The van der Waals surface area contributed by atoms with E-state index in [0.717, 1.165) is 11.9 Å². The number of amides is 2. The van der Waals surface area contributed by atoms with Gasteiger partial charge < -0.3 is 10.6 Å². The minimum atomic E-state index is -3.53. The van der Waals surface area contributed by atoms with Gasteiger partial charge in [0, 0.05) is 17.8 Å². The molecule has 0 saturated heterocycles. The SMILES string of the molecule is CCC(C)C(NS(C)(=O)=O)C(=O)NC(C)C(C)NC(=O)c1n[nH]c(C)c1Br. The summed E-state index contributed by atoms with van der Waals surface area (Å²) >= 11 is 3.30. The quantitative estimate of drug-likeness (QED) is 0.432. The van der Waals surface area contributed by atoms with Crippen molar-refractivity contribution in [2.24, 2.45) is 5.92 Å². The molecule has 0 aromatic carbocycles. The van der Waals surface area contributed by atoms with Gasteiger partial charge in [-0.3, -0.25) is 14.7 Å². The Hall–Kier alpha value is -1.46. The number of aromatic nitrogens is 2. The fourth-order valence-electron chi connectivity index (χ4n) is 2.30. The fraction of sp³-hybridized carbons (Fsp3) is 0.688. The molecule has 0 fully saturated rings. The monoisotopic (exact) mass is 465 g/mol. The second-order valence-electron chi connectivity index (χ2n) is 6.82. The van der Waals surface area contributed by atoms with E-state index in [1.165, 1.54) is 0 Å². The second-order valence-corrected chi connectivity index (χ2v) is 9.40. The van der Waals surface area contributed by atoms with Crippen LogP contribution in [0.25, 0.3) is 0 Å². The third-order valence-electron chi connectivity index (χ3n) is 4.40. The molecule has 0 radical (unpaired) electrons. The largest absolute Gasteiger partial charge is 0.350 e. The molecule has 0 spiro atoms. The van der Waals surface area contributed by atoms with E-state index < -0.39 is 34.1 Å². The van der Waals surface area contributed by atoms with E-state index >= 15 is 0 Å². The number of aryl methyl sites for hydroxylation is 1. The molecule has 27 heavy (non-hydrogen) atoms. The maximum Gasteiger partial charge on any atom is 0.273 e. The molecule has 4 unspecified atom stereocenters. The van der Waals surface area contributed by atoms with Crippen molar-refractivity contribution in [3.8, 4) is 0 Å². The number of aromatic amines is 1. The van der Waals surface area contributed by atoms with Crippen LogP contribution in [-0.2, 0) is 14.8 Å². The lowest BCUT2D eigenvalue weighted by Crippen LogP contribution is -2.55. The van der Waals surface area contributed by atoms with Crippen molar-refractivity contribution in [2.45, 2.75) is 59.2 Å².